The van der Waals surface area contributed by atoms with Gasteiger partial charge in [-0.05, 0) is 34.9 Å². The van der Waals surface area contributed by atoms with Crippen molar-refractivity contribution < 1.29 is 9.84 Å². The van der Waals surface area contributed by atoms with Gasteiger partial charge in [-0.1, -0.05) is 30.3 Å². The zero-order valence-electron chi connectivity index (χ0n) is 9.60. The summed E-state index contributed by atoms with van der Waals surface area (Å²) >= 11 is 0. The minimum atomic E-state index is -0.431. The third-order valence-electron chi connectivity index (χ3n) is 2.78. The summed E-state index contributed by atoms with van der Waals surface area (Å²) in [6.07, 6.45) is -0.431. The van der Waals surface area contributed by atoms with E-state index in [1.165, 1.54) is 5.39 Å². The van der Waals surface area contributed by atoms with E-state index in [9.17, 15) is 5.11 Å². The summed E-state index contributed by atoms with van der Waals surface area (Å²) in [6, 6.07) is 12.2. The fraction of sp³-hybridized carbons (Fsp3) is 0.286. The molecule has 0 saturated carbocycles. The minimum Gasteiger partial charge on any atom is -0.389 e. The SMILES string of the molecule is COCc1cccc2ccc(C(C)O)cc12. The maximum Gasteiger partial charge on any atom is 0.0762 e. The number of fused-ring (bicyclic) bond motifs is 1. The molecule has 2 nitrogen and oxygen atoms in total. The second-order valence-electron chi connectivity index (χ2n) is 4.01. The van der Waals surface area contributed by atoms with Crippen LogP contribution in [0.3, 0.4) is 0 Å². The first-order valence-electron chi connectivity index (χ1n) is 5.41. The van der Waals surface area contributed by atoms with Crippen LogP contribution in [0.5, 0.6) is 0 Å². The van der Waals surface area contributed by atoms with Crippen LogP contribution in [0, 0.1) is 0 Å². The molecule has 0 amide bonds. The lowest BCUT2D eigenvalue weighted by Crippen LogP contribution is -1.93. The van der Waals surface area contributed by atoms with E-state index in [2.05, 4.69) is 12.1 Å². The summed E-state index contributed by atoms with van der Waals surface area (Å²) in [6.45, 7) is 2.38. The molecule has 1 atom stereocenters. The van der Waals surface area contributed by atoms with E-state index >= 15 is 0 Å². The van der Waals surface area contributed by atoms with E-state index in [-0.39, 0.29) is 0 Å². The summed E-state index contributed by atoms with van der Waals surface area (Å²) in [4.78, 5) is 0. The van der Waals surface area contributed by atoms with Gasteiger partial charge in [0.25, 0.3) is 0 Å². The normalized spacial score (nSPS) is 12.9. The molecule has 16 heavy (non-hydrogen) atoms. The number of hydrogen-bond donors (Lipinski definition) is 1. The van der Waals surface area contributed by atoms with Gasteiger partial charge in [0.05, 0.1) is 12.7 Å². The molecule has 0 aromatic heterocycles. The Kier molecular flexibility index (Phi) is 3.22. The van der Waals surface area contributed by atoms with Gasteiger partial charge in [0.2, 0.25) is 0 Å². The first kappa shape index (κ1) is 11.1. The number of hydrogen-bond acceptors (Lipinski definition) is 2. The van der Waals surface area contributed by atoms with Crippen LogP contribution in [0.15, 0.2) is 36.4 Å². The predicted molar refractivity (Wildman–Crippen MR) is 65.3 cm³/mol. The molecule has 2 aromatic rings. The maximum atomic E-state index is 9.57. The van der Waals surface area contributed by atoms with E-state index in [1.807, 2.05) is 24.3 Å². The molecule has 0 bridgehead atoms. The molecular formula is C14H16O2. The van der Waals surface area contributed by atoms with Gasteiger partial charge in [-0.2, -0.15) is 0 Å². The maximum absolute atomic E-state index is 9.57. The Balaban J connectivity index is 2.59. The molecule has 2 aromatic carbocycles. The molecule has 2 rings (SSSR count). The molecule has 0 heterocycles. The van der Waals surface area contributed by atoms with Crippen LogP contribution in [-0.2, 0) is 11.3 Å². The number of benzene rings is 2. The highest BCUT2D eigenvalue weighted by molar-refractivity contribution is 5.86. The van der Waals surface area contributed by atoms with E-state index in [4.69, 9.17) is 4.74 Å². The zero-order valence-corrected chi connectivity index (χ0v) is 9.60. The average Bonchev–Trinajstić information content (AvgIpc) is 2.29. The van der Waals surface area contributed by atoms with Crippen molar-refractivity contribution in [2.24, 2.45) is 0 Å². The lowest BCUT2D eigenvalue weighted by atomic mass is 10.0. The Morgan fingerprint density at radius 2 is 2.06 bits per heavy atom. The topological polar surface area (TPSA) is 29.5 Å². The Hall–Kier alpha value is -1.38. The van der Waals surface area contributed by atoms with Gasteiger partial charge in [0, 0.05) is 7.11 Å². The standard InChI is InChI=1S/C14H16O2/c1-10(15)12-7-6-11-4-3-5-13(9-16-2)14(11)8-12/h3-8,10,15H,9H2,1-2H3. The fourth-order valence-corrected chi connectivity index (χ4v) is 1.90. The fourth-order valence-electron chi connectivity index (χ4n) is 1.90. The third kappa shape index (κ3) is 2.08. The molecule has 0 aliphatic heterocycles. The van der Waals surface area contributed by atoms with Crippen molar-refractivity contribution >= 4 is 10.8 Å². The van der Waals surface area contributed by atoms with Gasteiger partial charge >= 0.3 is 0 Å². The summed E-state index contributed by atoms with van der Waals surface area (Å²) in [7, 11) is 1.69. The molecular weight excluding hydrogens is 200 g/mol. The first-order valence-corrected chi connectivity index (χ1v) is 5.41. The van der Waals surface area contributed by atoms with Crippen LogP contribution >= 0.6 is 0 Å². The lowest BCUT2D eigenvalue weighted by Gasteiger charge is -2.09. The van der Waals surface area contributed by atoms with E-state index < -0.39 is 6.10 Å². The quantitative estimate of drug-likeness (QED) is 0.854. The van der Waals surface area contributed by atoms with Crippen LogP contribution in [0.1, 0.15) is 24.2 Å². The van der Waals surface area contributed by atoms with Gasteiger partial charge in [-0.15, -0.1) is 0 Å². The average molecular weight is 216 g/mol. The summed E-state index contributed by atoms with van der Waals surface area (Å²) in [5, 5.41) is 11.9. The van der Waals surface area contributed by atoms with Crippen molar-refractivity contribution in [3.05, 3.63) is 47.5 Å². The Morgan fingerprint density at radius 3 is 2.75 bits per heavy atom. The Bertz CT molecular complexity index is 489. The predicted octanol–water partition coefficient (Wildman–Crippen LogP) is 3.04. The molecule has 0 aliphatic carbocycles. The van der Waals surface area contributed by atoms with Crippen LogP contribution < -0.4 is 0 Å². The molecule has 84 valence electrons. The van der Waals surface area contributed by atoms with Crippen molar-refractivity contribution in [2.75, 3.05) is 7.11 Å². The second kappa shape index (κ2) is 4.64. The zero-order chi connectivity index (χ0) is 11.5. The van der Waals surface area contributed by atoms with Crippen molar-refractivity contribution in [2.45, 2.75) is 19.6 Å². The van der Waals surface area contributed by atoms with E-state index in [0.29, 0.717) is 6.61 Å². The number of aliphatic hydroxyl groups is 1. The minimum absolute atomic E-state index is 0.431. The summed E-state index contributed by atoms with van der Waals surface area (Å²) in [5.41, 5.74) is 2.10. The third-order valence-corrected chi connectivity index (χ3v) is 2.78. The van der Waals surface area contributed by atoms with E-state index in [1.54, 1.807) is 14.0 Å². The van der Waals surface area contributed by atoms with E-state index in [0.717, 1.165) is 16.5 Å². The van der Waals surface area contributed by atoms with Crippen molar-refractivity contribution in [3.63, 3.8) is 0 Å². The molecule has 0 aliphatic rings. The molecule has 1 N–H and O–H groups in total. The van der Waals surface area contributed by atoms with Gasteiger partial charge in [-0.3, -0.25) is 0 Å². The highest BCUT2D eigenvalue weighted by Gasteiger charge is 2.05. The van der Waals surface area contributed by atoms with Crippen LogP contribution in [0.25, 0.3) is 10.8 Å². The second-order valence-corrected chi connectivity index (χ2v) is 4.01. The molecule has 0 saturated heterocycles. The highest BCUT2D eigenvalue weighted by atomic mass is 16.5. The monoisotopic (exact) mass is 216 g/mol. The lowest BCUT2D eigenvalue weighted by molar-refractivity contribution is 0.186. The largest absolute Gasteiger partial charge is 0.389 e. The molecule has 0 spiro atoms. The number of methoxy groups -OCH3 is 1. The van der Waals surface area contributed by atoms with Gasteiger partial charge in [0.1, 0.15) is 0 Å². The number of rotatable bonds is 3. The van der Waals surface area contributed by atoms with Crippen LogP contribution in [0.4, 0.5) is 0 Å². The van der Waals surface area contributed by atoms with Crippen molar-refractivity contribution in [3.8, 4) is 0 Å². The Labute approximate surface area is 95.5 Å². The molecule has 2 heteroatoms. The summed E-state index contributed by atoms with van der Waals surface area (Å²) < 4.78 is 5.17. The van der Waals surface area contributed by atoms with Crippen LogP contribution in [-0.4, -0.2) is 12.2 Å². The summed E-state index contributed by atoms with van der Waals surface area (Å²) in [5.74, 6) is 0. The van der Waals surface area contributed by atoms with Gasteiger partial charge in [0.15, 0.2) is 0 Å². The van der Waals surface area contributed by atoms with Gasteiger partial charge in [-0.25, -0.2) is 0 Å². The highest BCUT2D eigenvalue weighted by Crippen LogP contribution is 2.23. The first-order chi connectivity index (χ1) is 7.72. The molecule has 1 unspecified atom stereocenters. The van der Waals surface area contributed by atoms with Gasteiger partial charge < -0.3 is 9.84 Å². The molecule has 0 radical (unpaired) electrons. The molecule has 0 fully saturated rings. The van der Waals surface area contributed by atoms with Crippen LogP contribution in [0.2, 0.25) is 0 Å². The number of aliphatic hydroxyl groups excluding tert-OH is 1. The van der Waals surface area contributed by atoms with Crippen molar-refractivity contribution in [1.29, 1.82) is 0 Å². The van der Waals surface area contributed by atoms with Crippen molar-refractivity contribution in [1.82, 2.24) is 0 Å². The smallest absolute Gasteiger partial charge is 0.0762 e. The number of ether oxygens (including phenoxy) is 1. The Morgan fingerprint density at radius 1 is 1.25 bits per heavy atom.